The van der Waals surface area contributed by atoms with Crippen LogP contribution in [-0.4, -0.2) is 25.8 Å². The molecule has 0 aliphatic heterocycles. The Morgan fingerprint density at radius 2 is 1.57 bits per heavy atom. The summed E-state index contributed by atoms with van der Waals surface area (Å²) < 4.78 is 0. The number of benzene rings is 2. The van der Waals surface area contributed by atoms with Gasteiger partial charge in [0.2, 0.25) is 5.91 Å². The van der Waals surface area contributed by atoms with Crippen LogP contribution in [0.1, 0.15) is 22.8 Å². The zero-order chi connectivity index (χ0) is 16.8. The van der Waals surface area contributed by atoms with Crippen LogP contribution in [0.3, 0.4) is 0 Å². The van der Waals surface area contributed by atoms with E-state index in [2.05, 4.69) is 5.32 Å². The smallest absolute Gasteiger partial charge is 0.221 e. The molecular formula is C19H20N2O2. The number of allylic oxidation sites excluding steroid dienone is 1. The first kappa shape index (κ1) is 16.5. The summed E-state index contributed by atoms with van der Waals surface area (Å²) in [6.45, 7) is 1.45. The zero-order valence-electron chi connectivity index (χ0n) is 13.5. The molecule has 0 unspecified atom stereocenters. The molecule has 2 aromatic rings. The molecule has 0 bridgehead atoms. The fourth-order valence-electron chi connectivity index (χ4n) is 2.07. The molecule has 0 saturated heterocycles. The van der Waals surface area contributed by atoms with Crippen LogP contribution in [0.4, 0.5) is 11.4 Å². The Bertz CT molecular complexity index is 714. The molecule has 0 saturated carbocycles. The number of carbonyl (C=O) groups is 2. The fourth-order valence-corrected chi connectivity index (χ4v) is 2.07. The minimum atomic E-state index is -0.134. The van der Waals surface area contributed by atoms with E-state index in [1.165, 1.54) is 6.92 Å². The van der Waals surface area contributed by atoms with Gasteiger partial charge in [0.15, 0.2) is 5.78 Å². The molecule has 2 aromatic carbocycles. The van der Waals surface area contributed by atoms with Crippen LogP contribution >= 0.6 is 0 Å². The Kier molecular flexibility index (Phi) is 5.31. The molecule has 23 heavy (non-hydrogen) atoms. The lowest BCUT2D eigenvalue weighted by Crippen LogP contribution is -2.07. The van der Waals surface area contributed by atoms with Crippen molar-refractivity contribution in [1.82, 2.24) is 0 Å². The van der Waals surface area contributed by atoms with E-state index >= 15 is 0 Å². The first-order chi connectivity index (χ1) is 11.0. The van der Waals surface area contributed by atoms with Gasteiger partial charge in [0.05, 0.1) is 0 Å². The third kappa shape index (κ3) is 4.81. The van der Waals surface area contributed by atoms with E-state index in [0.29, 0.717) is 11.3 Å². The number of ketones is 1. The van der Waals surface area contributed by atoms with Crippen molar-refractivity contribution in [3.8, 4) is 0 Å². The summed E-state index contributed by atoms with van der Waals surface area (Å²) >= 11 is 0. The van der Waals surface area contributed by atoms with Crippen LogP contribution in [0.25, 0.3) is 6.08 Å². The van der Waals surface area contributed by atoms with Gasteiger partial charge in [-0.15, -0.1) is 0 Å². The number of anilines is 2. The molecule has 0 aromatic heterocycles. The van der Waals surface area contributed by atoms with Crippen molar-refractivity contribution in [3.05, 3.63) is 65.7 Å². The van der Waals surface area contributed by atoms with E-state index < -0.39 is 0 Å². The van der Waals surface area contributed by atoms with Gasteiger partial charge in [-0.2, -0.15) is 0 Å². The normalized spacial score (nSPS) is 10.6. The van der Waals surface area contributed by atoms with E-state index in [4.69, 9.17) is 0 Å². The summed E-state index contributed by atoms with van der Waals surface area (Å²) in [7, 11) is 3.97. The number of hydrogen-bond donors (Lipinski definition) is 1. The lowest BCUT2D eigenvalue weighted by molar-refractivity contribution is -0.114. The number of nitrogens with one attached hydrogen (secondary N) is 1. The second-order valence-corrected chi connectivity index (χ2v) is 5.44. The SMILES string of the molecule is CC(=O)Nc1ccc(C(=O)C=Cc2ccc(N(C)C)cc2)cc1. The highest BCUT2D eigenvalue weighted by molar-refractivity contribution is 6.07. The maximum atomic E-state index is 12.1. The van der Waals surface area contributed by atoms with Crippen molar-refractivity contribution in [3.63, 3.8) is 0 Å². The monoisotopic (exact) mass is 308 g/mol. The maximum Gasteiger partial charge on any atom is 0.221 e. The highest BCUT2D eigenvalue weighted by Crippen LogP contribution is 2.14. The lowest BCUT2D eigenvalue weighted by atomic mass is 10.1. The van der Waals surface area contributed by atoms with Crippen LogP contribution in [0.5, 0.6) is 0 Å². The summed E-state index contributed by atoms with van der Waals surface area (Å²) in [5.41, 5.74) is 3.35. The maximum absolute atomic E-state index is 12.1. The van der Waals surface area contributed by atoms with Gasteiger partial charge in [0, 0.05) is 38.0 Å². The predicted octanol–water partition coefficient (Wildman–Crippen LogP) is 3.61. The summed E-state index contributed by atoms with van der Waals surface area (Å²) in [5.74, 6) is -0.207. The van der Waals surface area contributed by atoms with E-state index in [9.17, 15) is 9.59 Å². The molecule has 1 N–H and O–H groups in total. The number of carbonyl (C=O) groups excluding carboxylic acids is 2. The predicted molar refractivity (Wildman–Crippen MR) is 94.9 cm³/mol. The van der Waals surface area contributed by atoms with Crippen LogP contribution in [-0.2, 0) is 4.79 Å². The molecule has 0 spiro atoms. The molecular weight excluding hydrogens is 288 g/mol. The molecule has 0 aliphatic carbocycles. The average Bonchev–Trinajstić information content (AvgIpc) is 2.53. The minimum Gasteiger partial charge on any atom is -0.378 e. The van der Waals surface area contributed by atoms with E-state index in [0.717, 1.165) is 11.3 Å². The van der Waals surface area contributed by atoms with Crippen molar-refractivity contribution in [2.24, 2.45) is 0 Å². The molecule has 2 rings (SSSR count). The van der Waals surface area contributed by atoms with Gasteiger partial charge in [-0.1, -0.05) is 18.2 Å². The minimum absolute atomic E-state index is 0.0731. The summed E-state index contributed by atoms with van der Waals surface area (Å²) in [5, 5.41) is 2.67. The highest BCUT2D eigenvalue weighted by atomic mass is 16.1. The van der Waals surface area contributed by atoms with Crippen molar-refractivity contribution in [2.45, 2.75) is 6.92 Å². The standard InChI is InChI=1S/C19H20N2O2/c1-14(22)20-17-9-7-16(8-10-17)19(23)13-6-15-4-11-18(12-5-15)21(2)3/h4-13H,1-3H3,(H,20,22). The third-order valence-electron chi connectivity index (χ3n) is 3.33. The van der Waals surface area contributed by atoms with Crippen LogP contribution in [0, 0.1) is 0 Å². The van der Waals surface area contributed by atoms with E-state index in [1.54, 1.807) is 36.4 Å². The van der Waals surface area contributed by atoms with Crippen LogP contribution in [0.15, 0.2) is 54.6 Å². The Hall–Kier alpha value is -2.88. The van der Waals surface area contributed by atoms with Crippen molar-refractivity contribution in [1.29, 1.82) is 0 Å². The summed E-state index contributed by atoms with van der Waals surface area (Å²) in [6.07, 6.45) is 3.35. The quantitative estimate of drug-likeness (QED) is 0.678. The summed E-state index contributed by atoms with van der Waals surface area (Å²) in [6, 6.07) is 14.8. The Morgan fingerprint density at radius 1 is 0.957 bits per heavy atom. The van der Waals surface area contributed by atoms with Gasteiger partial charge < -0.3 is 10.2 Å². The van der Waals surface area contributed by atoms with E-state index in [1.807, 2.05) is 43.3 Å². The van der Waals surface area contributed by atoms with Crippen molar-refractivity contribution >= 4 is 29.1 Å². The molecule has 0 radical (unpaired) electrons. The first-order valence-electron chi connectivity index (χ1n) is 7.33. The van der Waals surface area contributed by atoms with Gasteiger partial charge in [-0.25, -0.2) is 0 Å². The molecule has 4 nitrogen and oxygen atoms in total. The van der Waals surface area contributed by atoms with Gasteiger partial charge in [0.1, 0.15) is 0 Å². The largest absolute Gasteiger partial charge is 0.378 e. The zero-order valence-corrected chi connectivity index (χ0v) is 13.5. The van der Waals surface area contributed by atoms with Gasteiger partial charge >= 0.3 is 0 Å². The lowest BCUT2D eigenvalue weighted by Gasteiger charge is -2.11. The van der Waals surface area contributed by atoms with Crippen LogP contribution < -0.4 is 10.2 Å². The van der Waals surface area contributed by atoms with Crippen molar-refractivity contribution < 1.29 is 9.59 Å². The molecule has 1 amide bonds. The second-order valence-electron chi connectivity index (χ2n) is 5.44. The molecule has 0 aliphatic rings. The fraction of sp³-hybridized carbons (Fsp3) is 0.158. The number of rotatable bonds is 5. The van der Waals surface area contributed by atoms with Crippen LogP contribution in [0.2, 0.25) is 0 Å². The van der Waals surface area contributed by atoms with Gasteiger partial charge in [0.25, 0.3) is 0 Å². The number of amides is 1. The molecule has 118 valence electrons. The highest BCUT2D eigenvalue weighted by Gasteiger charge is 2.02. The molecule has 0 fully saturated rings. The Labute approximate surface area is 136 Å². The van der Waals surface area contributed by atoms with Crippen molar-refractivity contribution in [2.75, 3.05) is 24.3 Å². The van der Waals surface area contributed by atoms with Gasteiger partial charge in [-0.05, 0) is 48.0 Å². The molecule has 0 heterocycles. The number of nitrogens with zero attached hydrogens (tertiary/aromatic N) is 1. The third-order valence-corrected chi connectivity index (χ3v) is 3.33. The molecule has 4 heteroatoms. The summed E-state index contributed by atoms with van der Waals surface area (Å²) in [4.78, 5) is 25.1. The van der Waals surface area contributed by atoms with E-state index in [-0.39, 0.29) is 11.7 Å². The first-order valence-corrected chi connectivity index (χ1v) is 7.33. The Balaban J connectivity index is 2.04. The number of hydrogen-bond acceptors (Lipinski definition) is 3. The average molecular weight is 308 g/mol. The molecule has 0 atom stereocenters. The Morgan fingerprint density at radius 3 is 2.09 bits per heavy atom. The van der Waals surface area contributed by atoms with Gasteiger partial charge in [-0.3, -0.25) is 9.59 Å². The topological polar surface area (TPSA) is 49.4 Å². The second kappa shape index (κ2) is 7.40.